The van der Waals surface area contributed by atoms with Crippen LogP contribution in [0, 0.1) is 0 Å². The number of hydrogen-bond acceptors (Lipinski definition) is 3. The van der Waals surface area contributed by atoms with E-state index in [1.807, 2.05) is 17.9 Å². The Morgan fingerprint density at radius 3 is 2.12 bits per heavy atom. The van der Waals surface area contributed by atoms with E-state index >= 15 is 0 Å². The van der Waals surface area contributed by atoms with Crippen molar-refractivity contribution in [3.8, 4) is 0 Å². The molecule has 17 heavy (non-hydrogen) atoms. The van der Waals surface area contributed by atoms with Crippen LogP contribution >= 0.6 is 0 Å². The van der Waals surface area contributed by atoms with E-state index in [9.17, 15) is 0 Å². The highest BCUT2D eigenvalue weighted by molar-refractivity contribution is 5.05. The van der Waals surface area contributed by atoms with Crippen molar-refractivity contribution < 1.29 is 0 Å². The number of aryl methyl sites for hydroxylation is 1. The van der Waals surface area contributed by atoms with E-state index in [1.54, 1.807) is 0 Å². The quantitative estimate of drug-likeness (QED) is 0.795. The van der Waals surface area contributed by atoms with Gasteiger partial charge in [0.05, 0.1) is 11.7 Å². The van der Waals surface area contributed by atoms with Crippen molar-refractivity contribution in [3.63, 3.8) is 0 Å². The maximum absolute atomic E-state index is 4.50. The second kappa shape index (κ2) is 5.19. The van der Waals surface area contributed by atoms with E-state index in [1.165, 1.54) is 18.8 Å². The average molecular weight is 236 g/mol. The molecule has 0 N–H and O–H groups in total. The Balaban J connectivity index is 1.92. The van der Waals surface area contributed by atoms with Gasteiger partial charge in [0.25, 0.3) is 0 Å². The summed E-state index contributed by atoms with van der Waals surface area (Å²) < 4.78 is 1.89. The Labute approximate surface area is 104 Å². The fraction of sp³-hybridized carbons (Fsp3) is 0.769. The van der Waals surface area contributed by atoms with Crippen LogP contribution in [-0.4, -0.2) is 51.8 Å². The molecule has 1 aromatic rings. The third-order valence-corrected chi connectivity index (χ3v) is 3.79. The monoisotopic (exact) mass is 236 g/mol. The van der Waals surface area contributed by atoms with Gasteiger partial charge < -0.3 is 0 Å². The van der Waals surface area contributed by atoms with Gasteiger partial charge in [-0.05, 0) is 26.8 Å². The first-order chi connectivity index (χ1) is 8.08. The van der Waals surface area contributed by atoms with Crippen LogP contribution in [0.3, 0.4) is 0 Å². The third-order valence-electron chi connectivity index (χ3n) is 3.79. The third kappa shape index (κ3) is 2.87. The molecule has 4 nitrogen and oxygen atoms in total. The number of nitrogens with zero attached hydrogens (tertiary/aromatic N) is 4. The molecule has 1 atom stereocenters. The predicted molar refractivity (Wildman–Crippen MR) is 69.9 cm³/mol. The van der Waals surface area contributed by atoms with Gasteiger partial charge in [-0.1, -0.05) is 0 Å². The van der Waals surface area contributed by atoms with E-state index in [2.05, 4.69) is 41.7 Å². The molecule has 0 aliphatic carbocycles. The molecule has 2 heterocycles. The Bertz CT molecular complexity index is 350. The summed E-state index contributed by atoms with van der Waals surface area (Å²) in [7, 11) is 1.98. The lowest BCUT2D eigenvalue weighted by Gasteiger charge is -2.39. The van der Waals surface area contributed by atoms with E-state index < -0.39 is 0 Å². The van der Waals surface area contributed by atoms with E-state index in [0.717, 1.165) is 13.1 Å². The largest absolute Gasteiger partial charge is 0.298 e. The minimum absolute atomic E-state index is 0.436. The summed E-state index contributed by atoms with van der Waals surface area (Å²) in [5.41, 5.74) is 1.19. The Kier molecular flexibility index (Phi) is 3.84. The highest BCUT2D eigenvalue weighted by Crippen LogP contribution is 2.20. The second-order valence-electron chi connectivity index (χ2n) is 5.26. The molecule has 0 spiro atoms. The van der Waals surface area contributed by atoms with E-state index in [0.29, 0.717) is 12.1 Å². The first-order valence-electron chi connectivity index (χ1n) is 6.55. The lowest BCUT2D eigenvalue weighted by Crippen LogP contribution is -2.49. The summed E-state index contributed by atoms with van der Waals surface area (Å²) in [4.78, 5) is 5.07. The maximum atomic E-state index is 4.50. The molecule has 4 heteroatoms. The van der Waals surface area contributed by atoms with Crippen LogP contribution in [-0.2, 0) is 7.05 Å². The van der Waals surface area contributed by atoms with Crippen molar-refractivity contribution in [2.75, 3.05) is 26.2 Å². The van der Waals surface area contributed by atoms with Gasteiger partial charge in [-0.3, -0.25) is 14.5 Å². The van der Waals surface area contributed by atoms with Crippen LogP contribution in [0.4, 0.5) is 0 Å². The van der Waals surface area contributed by atoms with Crippen molar-refractivity contribution >= 4 is 0 Å². The summed E-state index contributed by atoms with van der Waals surface area (Å²) in [6.07, 6.45) is 2.02. The molecule has 1 aromatic heterocycles. The predicted octanol–water partition coefficient (Wildman–Crippen LogP) is 1.51. The highest BCUT2D eigenvalue weighted by atomic mass is 15.3. The van der Waals surface area contributed by atoms with Gasteiger partial charge in [0.1, 0.15) is 0 Å². The summed E-state index contributed by atoms with van der Waals surface area (Å²) in [5, 5.41) is 4.50. The topological polar surface area (TPSA) is 24.3 Å². The molecule has 2 rings (SSSR count). The van der Waals surface area contributed by atoms with Crippen molar-refractivity contribution in [2.45, 2.75) is 32.9 Å². The van der Waals surface area contributed by atoms with Crippen molar-refractivity contribution in [1.82, 2.24) is 19.6 Å². The summed E-state index contributed by atoms with van der Waals surface area (Å²) in [5.74, 6) is 0. The maximum Gasteiger partial charge on any atom is 0.0793 e. The van der Waals surface area contributed by atoms with Gasteiger partial charge >= 0.3 is 0 Å². The van der Waals surface area contributed by atoms with Gasteiger partial charge in [0.15, 0.2) is 0 Å². The van der Waals surface area contributed by atoms with Crippen LogP contribution in [0.25, 0.3) is 0 Å². The molecule has 0 bridgehead atoms. The standard InChI is InChI=1S/C13H24N4/c1-11(2)16-7-9-17(10-8-16)12(3)13-5-6-15(4)14-13/h5-6,11-12H,7-10H2,1-4H3. The molecule has 1 unspecified atom stereocenters. The Morgan fingerprint density at radius 2 is 1.65 bits per heavy atom. The summed E-state index contributed by atoms with van der Waals surface area (Å²) >= 11 is 0. The average Bonchev–Trinajstić information content (AvgIpc) is 2.75. The number of piperazine rings is 1. The Hall–Kier alpha value is -0.870. The first-order valence-corrected chi connectivity index (χ1v) is 6.55. The molecule has 0 saturated carbocycles. The minimum Gasteiger partial charge on any atom is -0.298 e. The zero-order valence-electron chi connectivity index (χ0n) is 11.4. The molecule has 1 aliphatic heterocycles. The van der Waals surface area contributed by atoms with Crippen LogP contribution in [0.1, 0.15) is 32.5 Å². The van der Waals surface area contributed by atoms with E-state index in [4.69, 9.17) is 0 Å². The normalized spacial score (nSPS) is 21.0. The second-order valence-corrected chi connectivity index (χ2v) is 5.26. The Morgan fingerprint density at radius 1 is 1.06 bits per heavy atom. The van der Waals surface area contributed by atoms with E-state index in [-0.39, 0.29) is 0 Å². The smallest absolute Gasteiger partial charge is 0.0793 e. The molecule has 0 amide bonds. The fourth-order valence-electron chi connectivity index (χ4n) is 2.48. The van der Waals surface area contributed by atoms with Gasteiger partial charge in [-0.15, -0.1) is 0 Å². The summed E-state index contributed by atoms with van der Waals surface area (Å²) in [6, 6.07) is 3.23. The molecule has 1 fully saturated rings. The van der Waals surface area contributed by atoms with Gasteiger partial charge in [0.2, 0.25) is 0 Å². The lowest BCUT2D eigenvalue weighted by molar-refractivity contribution is 0.0819. The highest BCUT2D eigenvalue weighted by Gasteiger charge is 2.24. The van der Waals surface area contributed by atoms with Crippen LogP contribution < -0.4 is 0 Å². The molecule has 1 aliphatic rings. The SMILES string of the molecule is CC(C)N1CCN(C(C)c2ccn(C)n2)CC1. The molecule has 96 valence electrons. The molecule has 0 aromatic carbocycles. The number of rotatable bonds is 3. The van der Waals surface area contributed by atoms with Crippen molar-refractivity contribution in [3.05, 3.63) is 18.0 Å². The molecule has 0 radical (unpaired) electrons. The number of hydrogen-bond donors (Lipinski definition) is 0. The lowest BCUT2D eigenvalue weighted by atomic mass is 10.1. The first kappa shape index (κ1) is 12.6. The van der Waals surface area contributed by atoms with Crippen molar-refractivity contribution in [2.24, 2.45) is 7.05 Å². The summed E-state index contributed by atoms with van der Waals surface area (Å²) in [6.45, 7) is 11.5. The van der Waals surface area contributed by atoms with Crippen LogP contribution in [0.15, 0.2) is 12.3 Å². The van der Waals surface area contributed by atoms with Gasteiger partial charge in [-0.2, -0.15) is 5.10 Å². The molecular formula is C13H24N4. The zero-order chi connectivity index (χ0) is 12.4. The minimum atomic E-state index is 0.436. The van der Waals surface area contributed by atoms with Crippen LogP contribution in [0.2, 0.25) is 0 Å². The zero-order valence-corrected chi connectivity index (χ0v) is 11.4. The molecule has 1 saturated heterocycles. The van der Waals surface area contributed by atoms with Gasteiger partial charge in [-0.25, -0.2) is 0 Å². The van der Waals surface area contributed by atoms with Crippen molar-refractivity contribution in [1.29, 1.82) is 0 Å². The van der Waals surface area contributed by atoms with Gasteiger partial charge in [0, 0.05) is 45.5 Å². The van der Waals surface area contributed by atoms with Crippen LogP contribution in [0.5, 0.6) is 0 Å². The molecular weight excluding hydrogens is 212 g/mol. The number of aromatic nitrogens is 2. The fourth-order valence-corrected chi connectivity index (χ4v) is 2.48.